The molecule has 0 aromatic heterocycles. The Morgan fingerprint density at radius 3 is 2.33 bits per heavy atom. The molecule has 2 N–H and O–H groups in total. The topological polar surface area (TPSA) is 59.6 Å². The average molecular weight is 326 g/mol. The van der Waals surface area contributed by atoms with E-state index >= 15 is 0 Å². The van der Waals surface area contributed by atoms with Crippen molar-refractivity contribution in [3.8, 4) is 11.5 Å². The lowest BCUT2D eigenvalue weighted by Crippen LogP contribution is -2.31. The third kappa shape index (κ3) is 3.62. The summed E-state index contributed by atoms with van der Waals surface area (Å²) in [7, 11) is 0. The van der Waals surface area contributed by atoms with E-state index in [-0.39, 0.29) is 18.7 Å². The molecular weight excluding hydrogens is 304 g/mol. The zero-order valence-electron chi connectivity index (χ0n) is 14.1. The Morgan fingerprint density at radius 2 is 1.62 bits per heavy atom. The van der Waals surface area contributed by atoms with Crippen molar-refractivity contribution in [2.24, 2.45) is 0 Å². The number of ether oxygens (including phenoxy) is 2. The second-order valence-corrected chi connectivity index (χ2v) is 6.20. The summed E-state index contributed by atoms with van der Waals surface area (Å²) < 4.78 is 10.6. The van der Waals surface area contributed by atoms with E-state index in [2.05, 4.69) is 36.6 Å². The summed E-state index contributed by atoms with van der Waals surface area (Å²) in [4.78, 5) is 12.3. The number of carbonyl (C=O) groups excluding carboxylic acids is 1. The van der Waals surface area contributed by atoms with Crippen LogP contribution in [0.4, 0.5) is 11.4 Å². The van der Waals surface area contributed by atoms with Crippen LogP contribution in [0.3, 0.4) is 0 Å². The first-order valence-electron chi connectivity index (χ1n) is 8.10. The highest BCUT2D eigenvalue weighted by atomic mass is 16.7. The van der Waals surface area contributed by atoms with Crippen LogP contribution in [0.5, 0.6) is 11.5 Å². The van der Waals surface area contributed by atoms with E-state index < -0.39 is 0 Å². The highest BCUT2D eigenvalue weighted by Crippen LogP contribution is 2.34. The summed E-state index contributed by atoms with van der Waals surface area (Å²) in [6.07, 6.45) is 0. The number of hydrogen-bond acceptors (Lipinski definition) is 4. The molecule has 2 aromatic carbocycles. The van der Waals surface area contributed by atoms with Gasteiger partial charge in [-0.15, -0.1) is 0 Å². The zero-order valence-corrected chi connectivity index (χ0v) is 14.1. The summed E-state index contributed by atoms with van der Waals surface area (Å²) in [6, 6.07) is 13.2. The van der Waals surface area contributed by atoms with Gasteiger partial charge in [-0.3, -0.25) is 4.79 Å². The Morgan fingerprint density at radius 1 is 0.958 bits per heavy atom. The van der Waals surface area contributed by atoms with Crippen LogP contribution in [0.15, 0.2) is 42.5 Å². The van der Waals surface area contributed by atoms with Gasteiger partial charge in [0, 0.05) is 17.4 Å². The summed E-state index contributed by atoms with van der Waals surface area (Å²) in [5.41, 5.74) is 2.89. The quantitative estimate of drug-likeness (QED) is 0.872. The van der Waals surface area contributed by atoms with Gasteiger partial charge in [-0.1, -0.05) is 26.0 Å². The van der Waals surface area contributed by atoms with Crippen molar-refractivity contribution >= 4 is 17.3 Å². The number of fused-ring (bicyclic) bond motifs is 1. The molecule has 0 saturated heterocycles. The molecule has 24 heavy (non-hydrogen) atoms. The second kappa shape index (κ2) is 6.83. The van der Waals surface area contributed by atoms with E-state index in [0.29, 0.717) is 23.1 Å². The van der Waals surface area contributed by atoms with Gasteiger partial charge >= 0.3 is 0 Å². The minimum atomic E-state index is -0.361. The number of anilines is 2. The normalized spacial score (nSPS) is 13.7. The molecule has 0 fully saturated rings. The van der Waals surface area contributed by atoms with Gasteiger partial charge in [0.05, 0.1) is 0 Å². The van der Waals surface area contributed by atoms with Gasteiger partial charge < -0.3 is 20.1 Å². The van der Waals surface area contributed by atoms with E-state index in [0.717, 1.165) is 5.69 Å². The Balaban J connectivity index is 1.60. The molecule has 126 valence electrons. The summed E-state index contributed by atoms with van der Waals surface area (Å²) in [5, 5.41) is 6.10. The molecule has 5 heteroatoms. The first-order valence-corrected chi connectivity index (χ1v) is 8.10. The molecule has 1 aliphatic rings. The minimum absolute atomic E-state index is 0.109. The molecule has 0 aliphatic carbocycles. The van der Waals surface area contributed by atoms with Crippen molar-refractivity contribution in [3.05, 3.63) is 48.0 Å². The van der Waals surface area contributed by atoms with Gasteiger partial charge in [0.15, 0.2) is 11.5 Å². The molecule has 0 unspecified atom stereocenters. The van der Waals surface area contributed by atoms with Crippen molar-refractivity contribution in [1.82, 2.24) is 0 Å². The maximum atomic E-state index is 12.3. The van der Waals surface area contributed by atoms with Crippen LogP contribution in [0.25, 0.3) is 0 Å². The number of nitrogens with one attached hydrogen (secondary N) is 2. The third-order valence-electron chi connectivity index (χ3n) is 3.99. The lowest BCUT2D eigenvalue weighted by Gasteiger charge is -2.16. The van der Waals surface area contributed by atoms with Crippen molar-refractivity contribution in [2.45, 2.75) is 32.7 Å². The number of amides is 1. The minimum Gasteiger partial charge on any atom is -0.454 e. The molecule has 0 spiro atoms. The molecule has 1 atom stereocenters. The fraction of sp³-hybridized carbons (Fsp3) is 0.316. The van der Waals surface area contributed by atoms with E-state index in [1.54, 1.807) is 18.2 Å². The van der Waals surface area contributed by atoms with Crippen molar-refractivity contribution in [3.63, 3.8) is 0 Å². The van der Waals surface area contributed by atoms with Gasteiger partial charge in [-0.25, -0.2) is 0 Å². The SMILES string of the molecule is CC(C)c1ccc(N[C@H](C)C(=O)Nc2ccc3c(c2)OCO3)cc1. The summed E-state index contributed by atoms with van der Waals surface area (Å²) >= 11 is 0. The zero-order chi connectivity index (χ0) is 17.1. The average Bonchev–Trinajstić information content (AvgIpc) is 3.03. The van der Waals surface area contributed by atoms with E-state index in [4.69, 9.17) is 9.47 Å². The predicted octanol–water partition coefficient (Wildman–Crippen LogP) is 3.98. The van der Waals surface area contributed by atoms with Crippen LogP contribution < -0.4 is 20.1 Å². The predicted molar refractivity (Wildman–Crippen MR) is 94.8 cm³/mol. The number of benzene rings is 2. The Labute approximate surface area is 142 Å². The number of carbonyl (C=O) groups is 1. The lowest BCUT2D eigenvalue weighted by molar-refractivity contribution is -0.116. The van der Waals surface area contributed by atoms with E-state index in [1.165, 1.54) is 5.56 Å². The van der Waals surface area contributed by atoms with Crippen LogP contribution in [0, 0.1) is 0 Å². The van der Waals surface area contributed by atoms with Crippen LogP contribution in [0.1, 0.15) is 32.3 Å². The van der Waals surface area contributed by atoms with Gasteiger partial charge in [0.2, 0.25) is 12.7 Å². The number of hydrogen-bond donors (Lipinski definition) is 2. The lowest BCUT2D eigenvalue weighted by atomic mass is 10.0. The molecular formula is C19H22N2O3. The van der Waals surface area contributed by atoms with Crippen LogP contribution >= 0.6 is 0 Å². The van der Waals surface area contributed by atoms with Crippen LogP contribution in [0.2, 0.25) is 0 Å². The Bertz CT molecular complexity index is 726. The monoisotopic (exact) mass is 326 g/mol. The first kappa shape index (κ1) is 16.2. The maximum absolute atomic E-state index is 12.3. The maximum Gasteiger partial charge on any atom is 0.246 e. The van der Waals surface area contributed by atoms with Gasteiger partial charge in [0.25, 0.3) is 0 Å². The van der Waals surface area contributed by atoms with Crippen molar-refractivity contribution < 1.29 is 14.3 Å². The van der Waals surface area contributed by atoms with Crippen molar-refractivity contribution in [2.75, 3.05) is 17.4 Å². The summed E-state index contributed by atoms with van der Waals surface area (Å²) in [6.45, 7) is 6.36. The molecule has 2 aromatic rings. The van der Waals surface area contributed by atoms with Gasteiger partial charge in [0.1, 0.15) is 6.04 Å². The highest BCUT2D eigenvalue weighted by Gasteiger charge is 2.16. The molecule has 1 amide bonds. The van der Waals surface area contributed by atoms with E-state index in [1.807, 2.05) is 19.1 Å². The van der Waals surface area contributed by atoms with E-state index in [9.17, 15) is 4.79 Å². The molecule has 1 heterocycles. The second-order valence-electron chi connectivity index (χ2n) is 6.20. The van der Waals surface area contributed by atoms with Gasteiger partial charge in [-0.2, -0.15) is 0 Å². The highest BCUT2D eigenvalue weighted by molar-refractivity contribution is 5.96. The fourth-order valence-corrected chi connectivity index (χ4v) is 2.50. The first-order chi connectivity index (χ1) is 11.5. The molecule has 1 aliphatic heterocycles. The molecule has 0 radical (unpaired) electrons. The standard InChI is InChI=1S/C19H22N2O3/c1-12(2)14-4-6-15(7-5-14)20-13(3)19(22)21-16-8-9-17-18(10-16)24-11-23-17/h4-10,12-13,20H,11H2,1-3H3,(H,21,22)/t13-/m1/s1. The van der Waals surface area contributed by atoms with Crippen LogP contribution in [-0.4, -0.2) is 18.7 Å². The van der Waals surface area contributed by atoms with Crippen LogP contribution in [-0.2, 0) is 4.79 Å². The molecule has 0 saturated carbocycles. The van der Waals surface area contributed by atoms with Crippen molar-refractivity contribution in [1.29, 1.82) is 0 Å². The third-order valence-corrected chi connectivity index (χ3v) is 3.99. The Hall–Kier alpha value is -2.69. The molecule has 5 nitrogen and oxygen atoms in total. The van der Waals surface area contributed by atoms with Gasteiger partial charge in [-0.05, 0) is 42.7 Å². The summed E-state index contributed by atoms with van der Waals surface area (Å²) in [5.74, 6) is 1.73. The number of rotatable bonds is 5. The Kier molecular flexibility index (Phi) is 4.60. The fourth-order valence-electron chi connectivity index (χ4n) is 2.50. The largest absolute Gasteiger partial charge is 0.454 e. The smallest absolute Gasteiger partial charge is 0.246 e. The molecule has 0 bridgehead atoms. The molecule has 3 rings (SSSR count).